The Morgan fingerprint density at radius 1 is 1.13 bits per heavy atom. The molecule has 1 heterocycles. The van der Waals surface area contributed by atoms with Crippen LogP contribution in [0.3, 0.4) is 0 Å². The molecule has 1 atom stereocenters. The molecule has 0 aliphatic rings. The minimum absolute atomic E-state index is 0.00516. The van der Waals surface area contributed by atoms with E-state index in [-0.39, 0.29) is 5.88 Å². The van der Waals surface area contributed by atoms with Gasteiger partial charge in [-0.2, -0.15) is 13.2 Å². The van der Waals surface area contributed by atoms with Gasteiger partial charge in [-0.15, -0.1) is 0 Å². The molecule has 5 nitrogen and oxygen atoms in total. The van der Waals surface area contributed by atoms with Crippen LogP contribution < -0.4 is 9.47 Å². The lowest BCUT2D eigenvalue weighted by molar-refractivity contribution is -0.144. The molecule has 0 spiro atoms. The monoisotopic (exact) mass is 327 g/mol. The van der Waals surface area contributed by atoms with E-state index in [1.54, 1.807) is 0 Å². The van der Waals surface area contributed by atoms with Crippen molar-refractivity contribution in [3.8, 4) is 17.4 Å². The topological polar surface area (TPSA) is 68.7 Å². The van der Waals surface area contributed by atoms with E-state index in [9.17, 15) is 18.0 Å². The van der Waals surface area contributed by atoms with Gasteiger partial charge in [0.15, 0.2) is 6.10 Å². The molecule has 0 aliphatic carbocycles. The highest BCUT2D eigenvalue weighted by Gasteiger charge is 2.30. The van der Waals surface area contributed by atoms with Gasteiger partial charge < -0.3 is 14.6 Å². The van der Waals surface area contributed by atoms with Crippen LogP contribution in [0, 0.1) is 0 Å². The highest BCUT2D eigenvalue weighted by molar-refractivity contribution is 5.72. The van der Waals surface area contributed by atoms with Crippen LogP contribution in [0.25, 0.3) is 0 Å². The van der Waals surface area contributed by atoms with Crippen molar-refractivity contribution in [3.63, 3.8) is 0 Å². The number of pyridine rings is 1. The predicted octanol–water partition coefficient (Wildman–Crippen LogP) is 3.74. The van der Waals surface area contributed by atoms with E-state index in [4.69, 9.17) is 14.6 Å². The van der Waals surface area contributed by atoms with E-state index in [2.05, 4.69) is 4.98 Å². The molecule has 0 bridgehead atoms. The highest BCUT2D eigenvalue weighted by Crippen LogP contribution is 2.30. The van der Waals surface area contributed by atoms with Crippen molar-refractivity contribution in [1.29, 1.82) is 0 Å². The van der Waals surface area contributed by atoms with Crippen molar-refractivity contribution < 1.29 is 32.5 Å². The summed E-state index contributed by atoms with van der Waals surface area (Å²) in [5.41, 5.74) is -0.865. The molecule has 8 heteroatoms. The summed E-state index contributed by atoms with van der Waals surface area (Å²) in [6, 6.07) is 7.93. The van der Waals surface area contributed by atoms with Crippen LogP contribution in [-0.4, -0.2) is 22.2 Å². The number of aliphatic carboxylic acids is 1. The van der Waals surface area contributed by atoms with Crippen LogP contribution in [0.2, 0.25) is 0 Å². The number of hydrogen-bond donors (Lipinski definition) is 1. The molecule has 1 aromatic heterocycles. The number of ether oxygens (including phenoxy) is 2. The van der Waals surface area contributed by atoms with Crippen LogP contribution in [0.4, 0.5) is 13.2 Å². The van der Waals surface area contributed by atoms with Gasteiger partial charge in [0.1, 0.15) is 11.5 Å². The SMILES string of the molecule is CC(Oc1ccc(Oc2ccc(C(F)(F)F)cn2)cc1)C(=O)O. The Morgan fingerprint density at radius 3 is 2.22 bits per heavy atom. The van der Waals surface area contributed by atoms with E-state index >= 15 is 0 Å². The number of aromatic nitrogens is 1. The average Bonchev–Trinajstić information content (AvgIpc) is 2.49. The lowest BCUT2D eigenvalue weighted by Crippen LogP contribution is -2.22. The number of carboxylic acid groups (broad SMARTS) is 1. The Hall–Kier alpha value is -2.77. The number of hydrogen-bond acceptors (Lipinski definition) is 4. The molecule has 2 aromatic rings. The van der Waals surface area contributed by atoms with Gasteiger partial charge >= 0.3 is 12.1 Å². The van der Waals surface area contributed by atoms with Crippen molar-refractivity contribution in [3.05, 3.63) is 48.2 Å². The van der Waals surface area contributed by atoms with Crippen molar-refractivity contribution >= 4 is 5.97 Å². The first-order valence-corrected chi connectivity index (χ1v) is 6.46. The Kier molecular flexibility index (Phi) is 4.73. The molecule has 0 amide bonds. The fourth-order valence-corrected chi connectivity index (χ4v) is 1.57. The van der Waals surface area contributed by atoms with E-state index in [1.165, 1.54) is 31.2 Å². The molecule has 2 rings (SSSR count). The van der Waals surface area contributed by atoms with Crippen LogP contribution in [-0.2, 0) is 11.0 Å². The van der Waals surface area contributed by atoms with Crippen molar-refractivity contribution in [1.82, 2.24) is 4.98 Å². The van der Waals surface area contributed by atoms with E-state index in [0.29, 0.717) is 17.7 Å². The normalized spacial score (nSPS) is 12.5. The maximum atomic E-state index is 12.4. The summed E-state index contributed by atoms with van der Waals surface area (Å²) in [6.07, 6.45) is -4.77. The summed E-state index contributed by atoms with van der Waals surface area (Å²) in [4.78, 5) is 14.3. The summed E-state index contributed by atoms with van der Waals surface area (Å²) in [7, 11) is 0. The Balaban J connectivity index is 2.02. The number of alkyl halides is 3. The summed E-state index contributed by atoms with van der Waals surface area (Å²) in [5.74, 6) is -0.440. The molecule has 0 saturated carbocycles. The average molecular weight is 327 g/mol. The zero-order valence-corrected chi connectivity index (χ0v) is 11.9. The lowest BCUT2D eigenvalue weighted by Gasteiger charge is -2.11. The zero-order chi connectivity index (χ0) is 17.0. The minimum Gasteiger partial charge on any atom is -0.479 e. The maximum absolute atomic E-state index is 12.4. The van der Waals surface area contributed by atoms with Crippen molar-refractivity contribution in [2.45, 2.75) is 19.2 Å². The smallest absolute Gasteiger partial charge is 0.417 e. The van der Waals surface area contributed by atoms with Crippen LogP contribution >= 0.6 is 0 Å². The predicted molar refractivity (Wildman–Crippen MR) is 73.5 cm³/mol. The Morgan fingerprint density at radius 2 is 1.74 bits per heavy atom. The minimum atomic E-state index is -4.45. The van der Waals surface area contributed by atoms with Crippen molar-refractivity contribution in [2.24, 2.45) is 0 Å². The standard InChI is InChI=1S/C15H12F3NO4/c1-9(14(20)21)22-11-3-5-12(6-4-11)23-13-7-2-10(8-19-13)15(16,17)18/h2-9H,1H3,(H,20,21). The second-order valence-corrected chi connectivity index (χ2v) is 4.55. The third kappa shape index (κ3) is 4.60. The van der Waals surface area contributed by atoms with Gasteiger partial charge in [-0.1, -0.05) is 0 Å². The van der Waals surface area contributed by atoms with Gasteiger partial charge in [0, 0.05) is 12.3 Å². The Labute approximate surface area is 129 Å². The molecule has 1 unspecified atom stereocenters. The molecule has 0 fully saturated rings. The Bertz CT molecular complexity index is 669. The van der Waals surface area contributed by atoms with Gasteiger partial charge in [-0.25, -0.2) is 9.78 Å². The van der Waals surface area contributed by atoms with Gasteiger partial charge in [0.05, 0.1) is 5.56 Å². The fourth-order valence-electron chi connectivity index (χ4n) is 1.57. The first-order valence-electron chi connectivity index (χ1n) is 6.46. The first-order chi connectivity index (χ1) is 10.8. The van der Waals surface area contributed by atoms with E-state index in [1.807, 2.05) is 0 Å². The quantitative estimate of drug-likeness (QED) is 0.906. The molecule has 1 N–H and O–H groups in total. The number of carbonyl (C=O) groups is 1. The molecular formula is C15H12F3NO4. The number of rotatable bonds is 5. The molecular weight excluding hydrogens is 315 g/mol. The van der Waals surface area contributed by atoms with Gasteiger partial charge in [0.2, 0.25) is 5.88 Å². The third-order valence-corrected chi connectivity index (χ3v) is 2.77. The molecule has 0 aliphatic heterocycles. The highest BCUT2D eigenvalue weighted by atomic mass is 19.4. The zero-order valence-electron chi connectivity index (χ0n) is 11.9. The second kappa shape index (κ2) is 6.55. The summed E-state index contributed by atoms with van der Waals surface area (Å²) >= 11 is 0. The van der Waals surface area contributed by atoms with E-state index < -0.39 is 23.8 Å². The maximum Gasteiger partial charge on any atom is 0.417 e. The third-order valence-electron chi connectivity index (χ3n) is 2.77. The van der Waals surface area contributed by atoms with E-state index in [0.717, 1.165) is 12.1 Å². The molecule has 122 valence electrons. The molecule has 23 heavy (non-hydrogen) atoms. The largest absolute Gasteiger partial charge is 0.479 e. The number of halogens is 3. The lowest BCUT2D eigenvalue weighted by atomic mass is 10.3. The number of carboxylic acids is 1. The fraction of sp³-hybridized carbons (Fsp3) is 0.200. The summed E-state index contributed by atoms with van der Waals surface area (Å²) < 4.78 is 47.7. The first kappa shape index (κ1) is 16.6. The van der Waals surface area contributed by atoms with Gasteiger partial charge in [-0.3, -0.25) is 0 Å². The molecule has 1 aromatic carbocycles. The van der Waals surface area contributed by atoms with Crippen LogP contribution in [0.15, 0.2) is 42.6 Å². The second-order valence-electron chi connectivity index (χ2n) is 4.55. The molecule has 0 saturated heterocycles. The van der Waals surface area contributed by atoms with Crippen molar-refractivity contribution in [2.75, 3.05) is 0 Å². The summed E-state index contributed by atoms with van der Waals surface area (Å²) in [5, 5.41) is 8.73. The van der Waals surface area contributed by atoms with Crippen LogP contribution in [0.5, 0.6) is 17.4 Å². The number of benzene rings is 1. The van der Waals surface area contributed by atoms with Gasteiger partial charge in [0.25, 0.3) is 0 Å². The number of nitrogens with zero attached hydrogens (tertiary/aromatic N) is 1. The van der Waals surface area contributed by atoms with Gasteiger partial charge in [-0.05, 0) is 37.3 Å². The summed E-state index contributed by atoms with van der Waals surface area (Å²) in [6.45, 7) is 1.39. The van der Waals surface area contributed by atoms with Crippen LogP contribution in [0.1, 0.15) is 12.5 Å². The molecule has 0 radical (unpaired) electrons.